The lowest BCUT2D eigenvalue weighted by Crippen LogP contribution is -1.96. The van der Waals surface area contributed by atoms with Gasteiger partial charge in [-0.15, -0.1) is 23.1 Å². The molecule has 0 radical (unpaired) electrons. The van der Waals surface area contributed by atoms with Crippen LogP contribution in [0, 0.1) is 0 Å². The SMILES string of the molecule is CSc1nc(Cl)nc2sc(COC(C)=O)cc12. The number of esters is 1. The molecule has 0 bridgehead atoms. The van der Waals surface area contributed by atoms with Crippen LogP contribution in [-0.2, 0) is 16.1 Å². The first-order chi connectivity index (χ1) is 8.10. The fourth-order valence-corrected chi connectivity index (χ4v) is 3.15. The summed E-state index contributed by atoms with van der Waals surface area (Å²) < 4.78 is 4.94. The molecule has 0 unspecified atom stereocenters. The van der Waals surface area contributed by atoms with Crippen LogP contribution >= 0.6 is 34.7 Å². The highest BCUT2D eigenvalue weighted by molar-refractivity contribution is 7.98. The van der Waals surface area contributed by atoms with Crippen molar-refractivity contribution >= 4 is 50.9 Å². The van der Waals surface area contributed by atoms with E-state index in [0.29, 0.717) is 0 Å². The summed E-state index contributed by atoms with van der Waals surface area (Å²) in [7, 11) is 0. The second-order valence-corrected chi connectivity index (χ2v) is 5.46. The highest BCUT2D eigenvalue weighted by Gasteiger charge is 2.11. The Bertz CT molecular complexity index is 571. The molecule has 0 saturated heterocycles. The Balaban J connectivity index is 2.39. The second kappa shape index (κ2) is 5.20. The Morgan fingerprint density at radius 1 is 1.59 bits per heavy atom. The van der Waals surface area contributed by atoms with E-state index in [2.05, 4.69) is 9.97 Å². The van der Waals surface area contributed by atoms with E-state index < -0.39 is 0 Å². The molecule has 0 fully saturated rings. The number of hydrogen-bond acceptors (Lipinski definition) is 6. The minimum absolute atomic E-state index is 0.239. The molecular formula is C10H9ClN2O2S2. The zero-order valence-electron chi connectivity index (χ0n) is 9.19. The van der Waals surface area contributed by atoms with Crippen LogP contribution in [-0.4, -0.2) is 22.2 Å². The fraction of sp³-hybridized carbons (Fsp3) is 0.300. The second-order valence-electron chi connectivity index (χ2n) is 3.21. The number of carbonyl (C=O) groups is 1. The fourth-order valence-electron chi connectivity index (χ4n) is 1.32. The maximum atomic E-state index is 10.7. The van der Waals surface area contributed by atoms with Crippen molar-refractivity contribution in [2.75, 3.05) is 6.26 Å². The number of ether oxygens (including phenoxy) is 1. The third-order valence-electron chi connectivity index (χ3n) is 1.99. The van der Waals surface area contributed by atoms with E-state index in [1.165, 1.54) is 30.0 Å². The average Bonchev–Trinajstić information content (AvgIpc) is 2.67. The monoisotopic (exact) mass is 288 g/mol. The number of fused-ring (bicyclic) bond motifs is 1. The van der Waals surface area contributed by atoms with Gasteiger partial charge in [-0.3, -0.25) is 4.79 Å². The molecule has 0 saturated carbocycles. The molecule has 90 valence electrons. The van der Waals surface area contributed by atoms with Crippen molar-refractivity contribution in [2.24, 2.45) is 0 Å². The Morgan fingerprint density at radius 3 is 3.00 bits per heavy atom. The molecule has 0 atom stereocenters. The molecule has 0 aromatic carbocycles. The Kier molecular flexibility index (Phi) is 3.86. The van der Waals surface area contributed by atoms with Crippen LogP contribution in [0.15, 0.2) is 11.1 Å². The van der Waals surface area contributed by atoms with Gasteiger partial charge >= 0.3 is 5.97 Å². The van der Waals surface area contributed by atoms with Gasteiger partial charge in [0.25, 0.3) is 0 Å². The van der Waals surface area contributed by atoms with Crippen LogP contribution < -0.4 is 0 Å². The van der Waals surface area contributed by atoms with Gasteiger partial charge in [0.2, 0.25) is 5.28 Å². The summed E-state index contributed by atoms with van der Waals surface area (Å²) in [4.78, 5) is 20.8. The van der Waals surface area contributed by atoms with Crippen molar-refractivity contribution in [3.05, 3.63) is 16.2 Å². The van der Waals surface area contributed by atoms with Crippen molar-refractivity contribution in [3.63, 3.8) is 0 Å². The van der Waals surface area contributed by atoms with Gasteiger partial charge < -0.3 is 4.74 Å². The lowest BCUT2D eigenvalue weighted by atomic mass is 10.4. The summed E-state index contributed by atoms with van der Waals surface area (Å²) in [5.41, 5.74) is 0. The largest absolute Gasteiger partial charge is 0.460 e. The topological polar surface area (TPSA) is 52.1 Å². The maximum Gasteiger partial charge on any atom is 0.302 e. The summed E-state index contributed by atoms with van der Waals surface area (Å²) >= 11 is 8.80. The van der Waals surface area contributed by atoms with Gasteiger partial charge in [-0.25, -0.2) is 9.97 Å². The molecule has 2 aromatic rings. The first kappa shape index (κ1) is 12.6. The van der Waals surface area contributed by atoms with Crippen LogP contribution in [0.1, 0.15) is 11.8 Å². The first-order valence-corrected chi connectivity index (χ1v) is 7.15. The van der Waals surface area contributed by atoms with Gasteiger partial charge in [-0.1, -0.05) is 0 Å². The molecule has 0 aliphatic carbocycles. The highest BCUT2D eigenvalue weighted by atomic mass is 35.5. The normalized spacial score (nSPS) is 10.8. The smallest absolute Gasteiger partial charge is 0.302 e. The number of carbonyl (C=O) groups excluding carboxylic acids is 1. The highest BCUT2D eigenvalue weighted by Crippen LogP contribution is 2.31. The molecule has 2 heterocycles. The molecule has 2 aromatic heterocycles. The van der Waals surface area contributed by atoms with E-state index in [-0.39, 0.29) is 17.9 Å². The van der Waals surface area contributed by atoms with Crippen LogP contribution in [0.25, 0.3) is 10.2 Å². The van der Waals surface area contributed by atoms with Gasteiger partial charge in [0.15, 0.2) is 0 Å². The van der Waals surface area contributed by atoms with E-state index in [1.54, 1.807) is 0 Å². The number of nitrogens with zero attached hydrogens (tertiary/aromatic N) is 2. The minimum Gasteiger partial charge on any atom is -0.460 e. The summed E-state index contributed by atoms with van der Waals surface area (Å²) in [5, 5.41) is 2.03. The maximum absolute atomic E-state index is 10.7. The van der Waals surface area contributed by atoms with Gasteiger partial charge in [-0.05, 0) is 23.9 Å². The van der Waals surface area contributed by atoms with E-state index in [4.69, 9.17) is 16.3 Å². The number of aromatic nitrogens is 2. The van der Waals surface area contributed by atoms with E-state index in [1.807, 2.05) is 12.3 Å². The number of thiophene rings is 1. The minimum atomic E-state index is -0.295. The molecule has 2 rings (SSSR count). The molecular weight excluding hydrogens is 280 g/mol. The van der Waals surface area contributed by atoms with E-state index in [9.17, 15) is 4.79 Å². The molecule has 0 aliphatic rings. The van der Waals surface area contributed by atoms with Crippen molar-refractivity contribution in [1.82, 2.24) is 9.97 Å². The number of halogens is 1. The quantitative estimate of drug-likeness (QED) is 0.376. The Hall–Kier alpha value is -0.850. The van der Waals surface area contributed by atoms with Gasteiger partial charge in [0, 0.05) is 17.2 Å². The third kappa shape index (κ3) is 2.88. The number of hydrogen-bond donors (Lipinski definition) is 0. The van der Waals surface area contributed by atoms with Crippen LogP contribution in [0.5, 0.6) is 0 Å². The van der Waals surface area contributed by atoms with Crippen molar-refractivity contribution in [3.8, 4) is 0 Å². The van der Waals surface area contributed by atoms with Gasteiger partial charge in [0.1, 0.15) is 16.5 Å². The predicted molar refractivity (Wildman–Crippen MR) is 69.7 cm³/mol. The lowest BCUT2D eigenvalue weighted by Gasteiger charge is -1.97. The molecule has 7 heteroatoms. The van der Waals surface area contributed by atoms with E-state index in [0.717, 1.165) is 20.1 Å². The molecule has 0 aliphatic heterocycles. The zero-order valence-corrected chi connectivity index (χ0v) is 11.6. The number of thioether (sulfide) groups is 1. The zero-order chi connectivity index (χ0) is 12.4. The molecule has 0 N–H and O–H groups in total. The third-order valence-corrected chi connectivity index (χ3v) is 3.86. The predicted octanol–water partition coefficient (Wildman–Crippen LogP) is 3.13. The molecule has 0 amide bonds. The summed E-state index contributed by atoms with van der Waals surface area (Å²) in [6.07, 6.45) is 1.93. The molecule has 17 heavy (non-hydrogen) atoms. The van der Waals surface area contributed by atoms with E-state index >= 15 is 0 Å². The summed E-state index contributed by atoms with van der Waals surface area (Å²) in [5.74, 6) is -0.295. The van der Waals surface area contributed by atoms with Crippen molar-refractivity contribution in [2.45, 2.75) is 18.6 Å². The van der Waals surface area contributed by atoms with Crippen molar-refractivity contribution < 1.29 is 9.53 Å². The van der Waals surface area contributed by atoms with Crippen molar-refractivity contribution in [1.29, 1.82) is 0 Å². The van der Waals surface area contributed by atoms with Gasteiger partial charge in [-0.2, -0.15) is 0 Å². The molecule has 4 nitrogen and oxygen atoms in total. The summed E-state index contributed by atoms with van der Waals surface area (Å²) in [6.45, 7) is 1.65. The number of rotatable bonds is 3. The Morgan fingerprint density at radius 2 is 2.35 bits per heavy atom. The van der Waals surface area contributed by atoms with Crippen LogP contribution in [0.4, 0.5) is 0 Å². The Labute approximate surface area is 111 Å². The standard InChI is InChI=1S/C10H9ClN2O2S2/c1-5(14)15-4-6-3-7-8(16-2)12-10(11)13-9(7)17-6/h3H,4H2,1-2H3. The van der Waals surface area contributed by atoms with Crippen LogP contribution in [0.2, 0.25) is 5.28 Å². The van der Waals surface area contributed by atoms with Crippen LogP contribution in [0.3, 0.4) is 0 Å². The first-order valence-electron chi connectivity index (χ1n) is 4.73. The lowest BCUT2D eigenvalue weighted by molar-refractivity contribution is -0.142. The molecule has 0 spiro atoms. The van der Waals surface area contributed by atoms with Gasteiger partial charge in [0.05, 0.1) is 0 Å². The average molecular weight is 289 g/mol. The summed E-state index contributed by atoms with van der Waals surface area (Å²) in [6, 6.07) is 1.94.